The molecule has 2 N–H and O–H groups in total. The number of aromatic nitrogens is 2. The number of nitrogens with zero attached hydrogens (tertiary/aromatic N) is 3. The van der Waals surface area contributed by atoms with E-state index >= 15 is 0 Å². The number of hydrogen-bond acceptors (Lipinski definition) is 4. The first kappa shape index (κ1) is 18.8. The first-order chi connectivity index (χ1) is 13.2. The van der Waals surface area contributed by atoms with Crippen LogP contribution in [0.3, 0.4) is 0 Å². The largest absolute Gasteiger partial charge is 0.302 e. The van der Waals surface area contributed by atoms with Gasteiger partial charge in [0.1, 0.15) is 5.65 Å². The molecule has 0 aliphatic rings. The number of benzene rings is 1. The zero-order chi connectivity index (χ0) is 19.2. The van der Waals surface area contributed by atoms with Crippen LogP contribution in [0.25, 0.3) is 23.0 Å². The van der Waals surface area contributed by atoms with Crippen LogP contribution in [0, 0.1) is 0 Å². The van der Waals surface area contributed by atoms with Gasteiger partial charge in [0.15, 0.2) is 0 Å². The Bertz CT molecular complexity index is 943. The zero-order valence-electron chi connectivity index (χ0n) is 15.6. The van der Waals surface area contributed by atoms with Gasteiger partial charge >= 0.3 is 0 Å². The summed E-state index contributed by atoms with van der Waals surface area (Å²) < 4.78 is 2.10. The van der Waals surface area contributed by atoms with E-state index in [9.17, 15) is 4.79 Å². The van der Waals surface area contributed by atoms with Crippen molar-refractivity contribution in [2.45, 2.75) is 20.4 Å². The lowest BCUT2D eigenvalue weighted by Gasteiger charge is -2.18. The number of hydrogen-bond donors (Lipinski definition) is 2. The molecule has 0 radical (unpaired) electrons. The van der Waals surface area contributed by atoms with Crippen molar-refractivity contribution in [3.8, 4) is 11.3 Å². The van der Waals surface area contributed by atoms with Crippen molar-refractivity contribution >= 4 is 17.6 Å². The number of imidazole rings is 1. The predicted octanol–water partition coefficient (Wildman–Crippen LogP) is 3.36. The summed E-state index contributed by atoms with van der Waals surface area (Å²) in [6, 6.07) is 14.0. The molecule has 3 aromatic rings. The Balaban J connectivity index is 2.08. The van der Waals surface area contributed by atoms with Crippen LogP contribution in [-0.4, -0.2) is 38.5 Å². The molecule has 140 valence electrons. The number of pyridine rings is 1. The van der Waals surface area contributed by atoms with E-state index in [1.165, 1.54) is 6.08 Å². The summed E-state index contributed by atoms with van der Waals surface area (Å²) >= 11 is 0. The van der Waals surface area contributed by atoms with Gasteiger partial charge in [-0.3, -0.25) is 14.9 Å². The summed E-state index contributed by atoms with van der Waals surface area (Å²) in [5, 5.41) is 8.61. The van der Waals surface area contributed by atoms with Gasteiger partial charge in [-0.25, -0.2) is 10.5 Å². The fourth-order valence-electron chi connectivity index (χ4n) is 3.06. The molecule has 0 saturated heterocycles. The predicted molar refractivity (Wildman–Crippen MR) is 106 cm³/mol. The molecule has 0 atom stereocenters. The second-order valence-corrected chi connectivity index (χ2v) is 6.23. The summed E-state index contributed by atoms with van der Waals surface area (Å²) in [5.74, 6) is -0.564. The maximum atomic E-state index is 11.2. The smallest absolute Gasteiger partial charge is 0.267 e. The van der Waals surface area contributed by atoms with Crippen molar-refractivity contribution in [1.29, 1.82) is 0 Å². The van der Waals surface area contributed by atoms with Gasteiger partial charge in [0, 0.05) is 24.4 Å². The molecule has 6 heteroatoms. The molecule has 0 bridgehead atoms. The quantitative estimate of drug-likeness (QED) is 0.383. The highest BCUT2D eigenvalue weighted by molar-refractivity contribution is 5.91. The van der Waals surface area contributed by atoms with E-state index in [1.807, 2.05) is 36.5 Å². The maximum absolute atomic E-state index is 11.2. The highest BCUT2D eigenvalue weighted by atomic mass is 16.5. The van der Waals surface area contributed by atoms with Crippen molar-refractivity contribution in [2.75, 3.05) is 13.1 Å². The average Bonchev–Trinajstić information content (AvgIpc) is 3.08. The Kier molecular flexibility index (Phi) is 6.01. The first-order valence-electron chi connectivity index (χ1n) is 9.07. The monoisotopic (exact) mass is 364 g/mol. The molecule has 0 aliphatic heterocycles. The molecule has 1 amide bonds. The summed E-state index contributed by atoms with van der Waals surface area (Å²) in [6.45, 7) is 7.05. The molecule has 0 aliphatic carbocycles. The Morgan fingerprint density at radius 2 is 1.96 bits per heavy atom. The molecule has 6 nitrogen and oxygen atoms in total. The van der Waals surface area contributed by atoms with Gasteiger partial charge in [-0.15, -0.1) is 0 Å². The molecule has 0 unspecified atom stereocenters. The Hall–Kier alpha value is -2.96. The van der Waals surface area contributed by atoms with Crippen LogP contribution >= 0.6 is 0 Å². The van der Waals surface area contributed by atoms with Gasteiger partial charge in [-0.05, 0) is 36.9 Å². The summed E-state index contributed by atoms with van der Waals surface area (Å²) in [7, 11) is 0. The number of rotatable bonds is 7. The van der Waals surface area contributed by atoms with Gasteiger partial charge in [-0.1, -0.05) is 44.2 Å². The first-order valence-corrected chi connectivity index (χ1v) is 9.07. The second-order valence-electron chi connectivity index (χ2n) is 6.23. The van der Waals surface area contributed by atoms with Gasteiger partial charge < -0.3 is 4.40 Å². The van der Waals surface area contributed by atoms with Crippen molar-refractivity contribution in [2.24, 2.45) is 0 Å². The lowest BCUT2D eigenvalue weighted by molar-refractivity contribution is -0.124. The fourth-order valence-corrected chi connectivity index (χ4v) is 3.06. The standard InChI is InChI=1S/C21H24N4O2/c1-3-24(4-2)15-18-21(17-8-6-5-7-9-17)22-19-14-16(12-13-25(18)19)10-11-20(26)23-27/h5-14,27H,3-4,15H2,1-2H3,(H,23,26). The van der Waals surface area contributed by atoms with Crippen LogP contribution < -0.4 is 5.48 Å². The third-order valence-electron chi connectivity index (χ3n) is 4.60. The number of amides is 1. The minimum Gasteiger partial charge on any atom is -0.302 e. The van der Waals surface area contributed by atoms with Gasteiger partial charge in [0.25, 0.3) is 5.91 Å². The Morgan fingerprint density at radius 1 is 1.22 bits per heavy atom. The summed E-state index contributed by atoms with van der Waals surface area (Å²) in [5.41, 5.74) is 6.44. The topological polar surface area (TPSA) is 69.9 Å². The van der Waals surface area contributed by atoms with Gasteiger partial charge in [0.2, 0.25) is 0 Å². The molecule has 27 heavy (non-hydrogen) atoms. The number of fused-ring (bicyclic) bond motifs is 1. The molecule has 2 aromatic heterocycles. The summed E-state index contributed by atoms with van der Waals surface area (Å²) in [4.78, 5) is 18.4. The van der Waals surface area contributed by atoms with Crippen LogP contribution in [0.15, 0.2) is 54.7 Å². The third-order valence-corrected chi connectivity index (χ3v) is 4.60. The molecule has 0 fully saturated rings. The van der Waals surface area contributed by atoms with E-state index in [4.69, 9.17) is 10.2 Å². The van der Waals surface area contributed by atoms with Crippen molar-refractivity contribution < 1.29 is 10.0 Å². The average molecular weight is 364 g/mol. The molecule has 2 heterocycles. The van der Waals surface area contributed by atoms with Crippen molar-refractivity contribution in [3.05, 3.63) is 66.0 Å². The number of nitrogens with one attached hydrogen (secondary N) is 1. The van der Waals surface area contributed by atoms with E-state index in [2.05, 4.69) is 35.3 Å². The minimum atomic E-state index is -0.564. The Morgan fingerprint density at radius 3 is 2.63 bits per heavy atom. The van der Waals surface area contributed by atoms with Crippen LogP contribution in [0.4, 0.5) is 0 Å². The lowest BCUT2D eigenvalue weighted by Crippen LogP contribution is -2.23. The maximum Gasteiger partial charge on any atom is 0.267 e. The van der Waals surface area contributed by atoms with E-state index in [0.29, 0.717) is 0 Å². The van der Waals surface area contributed by atoms with Crippen molar-refractivity contribution in [1.82, 2.24) is 19.8 Å². The highest BCUT2D eigenvalue weighted by Crippen LogP contribution is 2.26. The van der Waals surface area contributed by atoms with Gasteiger partial charge in [0.05, 0.1) is 11.4 Å². The zero-order valence-corrected chi connectivity index (χ0v) is 15.6. The second kappa shape index (κ2) is 8.62. The molecule has 0 spiro atoms. The number of carbonyl (C=O) groups excluding carboxylic acids is 1. The minimum absolute atomic E-state index is 0.564. The van der Waals surface area contributed by atoms with E-state index in [0.717, 1.165) is 47.8 Å². The van der Waals surface area contributed by atoms with Gasteiger partial charge in [-0.2, -0.15) is 0 Å². The van der Waals surface area contributed by atoms with Crippen LogP contribution in [0.5, 0.6) is 0 Å². The van der Waals surface area contributed by atoms with Crippen LogP contribution in [0.1, 0.15) is 25.1 Å². The van der Waals surface area contributed by atoms with E-state index < -0.39 is 5.91 Å². The van der Waals surface area contributed by atoms with Crippen molar-refractivity contribution in [3.63, 3.8) is 0 Å². The number of carbonyl (C=O) groups is 1. The number of hydroxylamine groups is 1. The third kappa shape index (κ3) is 4.24. The summed E-state index contributed by atoms with van der Waals surface area (Å²) in [6.07, 6.45) is 4.90. The van der Waals surface area contributed by atoms with Crippen LogP contribution in [0.2, 0.25) is 0 Å². The van der Waals surface area contributed by atoms with E-state index in [1.54, 1.807) is 11.6 Å². The molecule has 3 rings (SSSR count). The normalized spacial score (nSPS) is 11.6. The highest BCUT2D eigenvalue weighted by Gasteiger charge is 2.16. The lowest BCUT2D eigenvalue weighted by atomic mass is 10.1. The van der Waals surface area contributed by atoms with Crippen LogP contribution in [-0.2, 0) is 11.3 Å². The molecular formula is C21H24N4O2. The van der Waals surface area contributed by atoms with E-state index in [-0.39, 0.29) is 0 Å². The molecule has 0 saturated carbocycles. The SMILES string of the molecule is CCN(CC)Cc1c(-c2ccccc2)nc2cc(C=CC(=O)NO)ccn12. The molecule has 1 aromatic carbocycles. The fraction of sp³-hybridized carbons (Fsp3) is 0.238. The Labute approximate surface area is 158 Å². The molecular weight excluding hydrogens is 340 g/mol.